The number of rotatable bonds is 2. The number of benzene rings is 4. The van der Waals surface area contributed by atoms with Crippen LogP contribution in [0.25, 0.3) is 54.4 Å². The second-order valence-electron chi connectivity index (χ2n) is 11.4. The van der Waals surface area contributed by atoms with Gasteiger partial charge < -0.3 is 0 Å². The van der Waals surface area contributed by atoms with Crippen LogP contribution in [0.4, 0.5) is 0 Å². The van der Waals surface area contributed by atoms with E-state index in [0.717, 1.165) is 35.3 Å². The van der Waals surface area contributed by atoms with Gasteiger partial charge in [-0.25, -0.2) is 9.03 Å². The molecule has 0 bridgehead atoms. The lowest BCUT2D eigenvalue weighted by Crippen LogP contribution is -2.31. The fourth-order valence-electron chi connectivity index (χ4n) is 7.43. The Morgan fingerprint density at radius 2 is 0.800 bits per heavy atom. The number of fused-ring (bicyclic) bond motifs is 12. The van der Waals surface area contributed by atoms with Crippen molar-refractivity contribution in [3.8, 4) is 0 Å². The molecule has 4 heteroatoms. The van der Waals surface area contributed by atoms with E-state index in [2.05, 4.69) is 118 Å². The van der Waals surface area contributed by atoms with Crippen LogP contribution in [0.3, 0.4) is 0 Å². The molecule has 4 aromatic heterocycles. The lowest BCUT2D eigenvalue weighted by Gasteiger charge is -2.34. The lowest BCUT2D eigenvalue weighted by atomic mass is 9.69. The summed E-state index contributed by atoms with van der Waals surface area (Å²) in [6.07, 6.45) is 5.76. The predicted octanol–water partition coefficient (Wildman–Crippen LogP) is 8.85. The maximum absolute atomic E-state index is 5.43. The van der Waals surface area contributed by atoms with Crippen molar-refractivity contribution in [1.82, 2.24) is 19.2 Å². The third-order valence-corrected chi connectivity index (χ3v) is 9.36. The van der Waals surface area contributed by atoms with Crippen LogP contribution in [-0.4, -0.2) is 19.2 Å². The maximum atomic E-state index is 5.43. The largest absolute Gasteiger partial charge is 0.232 e. The number of nitrogens with zero attached hydrogens (tertiary/aromatic N) is 4. The van der Waals surface area contributed by atoms with Crippen molar-refractivity contribution in [2.24, 2.45) is 0 Å². The predicted molar refractivity (Wildman–Crippen MR) is 164 cm³/mol. The lowest BCUT2D eigenvalue weighted by molar-refractivity contribution is 0.329. The topological polar surface area (TPSA) is 34.6 Å². The van der Waals surface area contributed by atoms with E-state index in [0.29, 0.717) is 0 Å². The number of hydrogen-bond donors (Lipinski definition) is 0. The van der Waals surface area contributed by atoms with Gasteiger partial charge in [-0.2, -0.15) is 10.2 Å². The molecule has 40 heavy (non-hydrogen) atoms. The molecular weight excluding hydrogens is 488 g/mol. The van der Waals surface area contributed by atoms with E-state index in [1.54, 1.807) is 0 Å². The maximum Gasteiger partial charge on any atom is 0.0757 e. The first-order chi connectivity index (χ1) is 19.8. The summed E-state index contributed by atoms with van der Waals surface area (Å²) in [4.78, 5) is 0. The molecular formula is C36H28N4. The Hall–Kier alpha value is -4.70. The van der Waals surface area contributed by atoms with Crippen LogP contribution in [-0.2, 0) is 5.41 Å². The van der Waals surface area contributed by atoms with Crippen LogP contribution < -0.4 is 0 Å². The molecule has 4 heterocycles. The summed E-state index contributed by atoms with van der Waals surface area (Å²) >= 11 is 0. The van der Waals surface area contributed by atoms with Gasteiger partial charge in [0, 0.05) is 21.5 Å². The van der Waals surface area contributed by atoms with Gasteiger partial charge in [0.25, 0.3) is 0 Å². The summed E-state index contributed by atoms with van der Waals surface area (Å²) in [5.74, 6) is 0. The van der Waals surface area contributed by atoms with Gasteiger partial charge >= 0.3 is 0 Å². The van der Waals surface area contributed by atoms with Gasteiger partial charge in [0.2, 0.25) is 0 Å². The molecule has 1 fully saturated rings. The van der Waals surface area contributed by atoms with E-state index < -0.39 is 0 Å². The molecule has 0 saturated heterocycles. The van der Waals surface area contributed by atoms with Gasteiger partial charge in [-0.05, 0) is 47.9 Å². The molecule has 8 aromatic rings. The number of hydrogen-bond acceptors (Lipinski definition) is 2. The third kappa shape index (κ3) is 2.91. The SMILES string of the molecule is c1ccc2c(c1)c1ccccc1n1nc(C3(c4cc5c6ccccc6c6ccccc6n5n4)CCCCC3)cc21. The Bertz CT molecular complexity index is 1960. The van der Waals surface area contributed by atoms with Crippen molar-refractivity contribution in [2.75, 3.05) is 0 Å². The normalized spacial score (nSPS) is 15.7. The summed E-state index contributed by atoms with van der Waals surface area (Å²) in [5, 5.41) is 18.4. The first-order valence-electron chi connectivity index (χ1n) is 14.4. The third-order valence-electron chi connectivity index (χ3n) is 9.36. The van der Waals surface area contributed by atoms with Gasteiger partial charge in [0.1, 0.15) is 0 Å². The molecule has 1 saturated carbocycles. The van der Waals surface area contributed by atoms with Crippen LogP contribution >= 0.6 is 0 Å². The minimum absolute atomic E-state index is 0.222. The second-order valence-corrected chi connectivity index (χ2v) is 11.4. The zero-order valence-electron chi connectivity index (χ0n) is 22.2. The van der Waals surface area contributed by atoms with Crippen molar-refractivity contribution in [2.45, 2.75) is 37.5 Å². The average molecular weight is 517 g/mol. The molecule has 1 aliphatic carbocycles. The molecule has 0 aliphatic heterocycles. The standard InChI is InChI=1S/C36H28N4/c1-10-20-36(21-11-1,34-22-32-28-16-4-2-12-24(28)26-14-6-8-18-30(26)39(32)37-34)35-23-33-29-17-5-3-13-25(29)27-15-7-9-19-31(27)40(33)38-35/h2-9,12-19,22-23H,1,10-11,20-21H2. The van der Waals surface area contributed by atoms with Crippen LogP contribution in [0.5, 0.6) is 0 Å². The fourth-order valence-corrected chi connectivity index (χ4v) is 7.43. The molecule has 192 valence electrons. The molecule has 0 N–H and O–H groups in total. The van der Waals surface area contributed by atoms with Gasteiger partial charge in [0.15, 0.2) is 0 Å². The number of aromatic nitrogens is 4. The van der Waals surface area contributed by atoms with E-state index in [4.69, 9.17) is 10.2 Å². The minimum Gasteiger partial charge on any atom is -0.232 e. The smallest absolute Gasteiger partial charge is 0.0757 e. The average Bonchev–Trinajstić information content (AvgIpc) is 3.69. The molecule has 0 spiro atoms. The van der Waals surface area contributed by atoms with Crippen molar-refractivity contribution in [3.63, 3.8) is 0 Å². The van der Waals surface area contributed by atoms with Gasteiger partial charge in [-0.3, -0.25) is 0 Å². The van der Waals surface area contributed by atoms with Crippen LogP contribution in [0.15, 0.2) is 109 Å². The highest BCUT2D eigenvalue weighted by Crippen LogP contribution is 2.46. The zero-order valence-corrected chi connectivity index (χ0v) is 22.2. The molecule has 9 rings (SSSR count). The van der Waals surface area contributed by atoms with Crippen LogP contribution in [0.1, 0.15) is 43.5 Å². The first kappa shape index (κ1) is 22.2. The monoisotopic (exact) mass is 516 g/mol. The van der Waals surface area contributed by atoms with Gasteiger partial charge in [-0.1, -0.05) is 104 Å². The van der Waals surface area contributed by atoms with Crippen molar-refractivity contribution >= 4 is 54.4 Å². The molecule has 1 aliphatic rings. The van der Waals surface area contributed by atoms with E-state index in [-0.39, 0.29) is 5.41 Å². The number of pyridine rings is 2. The van der Waals surface area contributed by atoms with E-state index in [1.165, 1.54) is 62.6 Å². The quantitative estimate of drug-likeness (QED) is 0.215. The molecule has 0 atom stereocenters. The molecule has 0 unspecified atom stereocenters. The second kappa shape index (κ2) is 8.15. The Balaban J connectivity index is 1.37. The summed E-state index contributed by atoms with van der Waals surface area (Å²) in [7, 11) is 0. The van der Waals surface area contributed by atoms with Crippen molar-refractivity contribution in [3.05, 3.63) is 121 Å². The Morgan fingerprint density at radius 1 is 0.425 bits per heavy atom. The van der Waals surface area contributed by atoms with Gasteiger partial charge in [0.05, 0.1) is 38.9 Å². The van der Waals surface area contributed by atoms with E-state index in [1.807, 2.05) is 0 Å². The highest BCUT2D eigenvalue weighted by atomic mass is 15.3. The van der Waals surface area contributed by atoms with Gasteiger partial charge in [-0.15, -0.1) is 0 Å². The fraction of sp³-hybridized carbons (Fsp3) is 0.167. The zero-order chi connectivity index (χ0) is 26.3. The Morgan fingerprint density at radius 3 is 1.25 bits per heavy atom. The summed E-state index contributed by atoms with van der Waals surface area (Å²) in [5.41, 5.74) is 6.72. The highest BCUT2D eigenvalue weighted by Gasteiger charge is 2.41. The minimum atomic E-state index is -0.222. The van der Waals surface area contributed by atoms with Crippen LogP contribution in [0, 0.1) is 0 Å². The van der Waals surface area contributed by atoms with Crippen molar-refractivity contribution in [1.29, 1.82) is 0 Å². The highest BCUT2D eigenvalue weighted by molar-refractivity contribution is 6.13. The van der Waals surface area contributed by atoms with Crippen molar-refractivity contribution < 1.29 is 0 Å². The molecule has 0 radical (unpaired) electrons. The van der Waals surface area contributed by atoms with E-state index >= 15 is 0 Å². The first-order valence-corrected chi connectivity index (χ1v) is 14.4. The summed E-state index contributed by atoms with van der Waals surface area (Å²) in [6.45, 7) is 0. The number of para-hydroxylation sites is 2. The molecule has 0 amide bonds. The molecule has 4 nitrogen and oxygen atoms in total. The van der Waals surface area contributed by atoms with Crippen LogP contribution in [0.2, 0.25) is 0 Å². The molecule has 4 aromatic carbocycles. The Labute approximate surface area is 231 Å². The summed E-state index contributed by atoms with van der Waals surface area (Å²) in [6, 6.07) is 39.5. The summed E-state index contributed by atoms with van der Waals surface area (Å²) < 4.78 is 4.37. The Kier molecular flexibility index (Phi) is 4.52. The van der Waals surface area contributed by atoms with E-state index in [9.17, 15) is 0 Å².